The number of aromatic nitrogens is 5. The van der Waals surface area contributed by atoms with Gasteiger partial charge in [0.1, 0.15) is 11.6 Å². The van der Waals surface area contributed by atoms with E-state index >= 15 is 0 Å². The number of carbonyl (C=O) groups excluding carboxylic acids is 1. The molecule has 2 aromatic heterocycles. The maximum Gasteiger partial charge on any atom is 0.321 e. The number of rotatable bonds is 4. The van der Waals surface area contributed by atoms with Crippen LogP contribution in [0.25, 0.3) is 0 Å². The Morgan fingerprint density at radius 3 is 2.96 bits per heavy atom. The lowest BCUT2D eigenvalue weighted by Crippen LogP contribution is -2.42. The first-order valence-electron chi connectivity index (χ1n) is 9.26. The molecule has 1 aliphatic heterocycles. The second-order valence-corrected chi connectivity index (χ2v) is 6.96. The summed E-state index contributed by atoms with van der Waals surface area (Å²) in [6, 6.07) is 5.88. The van der Waals surface area contributed by atoms with Gasteiger partial charge in [0.05, 0.1) is 18.6 Å². The molecule has 146 valence electrons. The third-order valence-corrected chi connectivity index (χ3v) is 5.07. The molecular formula is C19H22FN7O. The van der Waals surface area contributed by atoms with E-state index in [0.717, 1.165) is 24.5 Å². The highest BCUT2D eigenvalue weighted by Gasteiger charge is 2.28. The minimum Gasteiger partial charge on any atom is -0.330 e. The van der Waals surface area contributed by atoms with E-state index in [9.17, 15) is 9.18 Å². The van der Waals surface area contributed by atoms with Crippen LogP contribution in [0.2, 0.25) is 0 Å². The molecule has 0 saturated carbocycles. The lowest BCUT2D eigenvalue weighted by Gasteiger charge is -2.32. The largest absolute Gasteiger partial charge is 0.330 e. The number of nitrogens with zero attached hydrogens (tertiary/aromatic N) is 6. The molecule has 2 amide bonds. The fourth-order valence-electron chi connectivity index (χ4n) is 3.54. The van der Waals surface area contributed by atoms with Crippen LogP contribution in [0, 0.1) is 5.82 Å². The molecule has 1 N–H and O–H groups in total. The molecule has 4 rings (SSSR count). The number of halogens is 1. The van der Waals surface area contributed by atoms with Crippen LogP contribution in [0.1, 0.15) is 30.4 Å². The van der Waals surface area contributed by atoms with Crippen LogP contribution in [0.3, 0.4) is 0 Å². The van der Waals surface area contributed by atoms with Crippen LogP contribution < -0.4 is 5.32 Å². The molecule has 0 spiro atoms. The third kappa shape index (κ3) is 3.73. The lowest BCUT2D eigenvalue weighted by atomic mass is 9.97. The van der Waals surface area contributed by atoms with Crippen molar-refractivity contribution in [2.45, 2.75) is 25.3 Å². The Morgan fingerprint density at radius 2 is 2.18 bits per heavy atom. The molecular weight excluding hydrogens is 361 g/mol. The number of carbonyl (C=O) groups is 1. The lowest BCUT2D eigenvalue weighted by molar-refractivity contribution is 0.190. The van der Waals surface area contributed by atoms with Gasteiger partial charge in [-0.3, -0.25) is 0 Å². The molecule has 1 fully saturated rings. The molecule has 3 heterocycles. The molecule has 1 aliphatic rings. The van der Waals surface area contributed by atoms with Gasteiger partial charge in [0.2, 0.25) is 0 Å². The SMILES string of the molecule is Cn1c(Cn2ccnc2)nnc1[C@@H]1CCCN(C(=O)Nc2ccccc2F)C1. The molecule has 1 aromatic carbocycles. The van der Waals surface area contributed by atoms with Crippen molar-refractivity contribution >= 4 is 11.7 Å². The van der Waals surface area contributed by atoms with Gasteiger partial charge in [-0.2, -0.15) is 0 Å². The number of hydrogen-bond donors (Lipinski definition) is 1. The van der Waals surface area contributed by atoms with Gasteiger partial charge in [0.25, 0.3) is 0 Å². The molecule has 0 bridgehead atoms. The molecule has 9 heteroatoms. The average molecular weight is 383 g/mol. The Labute approximate surface area is 162 Å². The van der Waals surface area contributed by atoms with Crippen LogP contribution in [-0.4, -0.2) is 48.3 Å². The van der Waals surface area contributed by atoms with Crippen molar-refractivity contribution in [1.29, 1.82) is 0 Å². The summed E-state index contributed by atoms with van der Waals surface area (Å²) in [5, 5.41) is 11.3. The predicted octanol–water partition coefficient (Wildman–Crippen LogP) is 2.61. The van der Waals surface area contributed by atoms with E-state index in [-0.39, 0.29) is 17.6 Å². The zero-order valence-electron chi connectivity index (χ0n) is 15.6. The molecule has 3 aromatic rings. The fourth-order valence-corrected chi connectivity index (χ4v) is 3.54. The highest BCUT2D eigenvalue weighted by Crippen LogP contribution is 2.26. The average Bonchev–Trinajstić information content (AvgIpc) is 3.34. The second kappa shape index (κ2) is 7.79. The van der Waals surface area contributed by atoms with E-state index < -0.39 is 5.82 Å². The Kier molecular flexibility index (Phi) is 5.05. The van der Waals surface area contributed by atoms with Crippen molar-refractivity contribution in [3.05, 3.63) is 60.5 Å². The molecule has 0 radical (unpaired) electrons. The maximum atomic E-state index is 13.8. The van der Waals surface area contributed by atoms with Crippen LogP contribution in [0.5, 0.6) is 0 Å². The first-order valence-corrected chi connectivity index (χ1v) is 9.26. The van der Waals surface area contributed by atoms with Gasteiger partial charge in [0.15, 0.2) is 5.82 Å². The molecule has 8 nitrogen and oxygen atoms in total. The van der Waals surface area contributed by atoms with E-state index in [0.29, 0.717) is 19.6 Å². The summed E-state index contributed by atoms with van der Waals surface area (Å²) in [7, 11) is 1.94. The maximum absolute atomic E-state index is 13.8. The molecule has 1 atom stereocenters. The summed E-state index contributed by atoms with van der Waals surface area (Å²) < 4.78 is 17.7. The standard InChI is InChI=1S/C19H22FN7O/c1-25-17(12-26-10-8-21-13-26)23-24-18(25)14-5-4-9-27(11-14)19(28)22-16-7-3-2-6-15(16)20/h2-3,6-8,10,13-14H,4-5,9,11-12H2,1H3,(H,22,28)/t14-/m1/s1. The zero-order valence-corrected chi connectivity index (χ0v) is 15.6. The number of likely N-dealkylation sites (tertiary alicyclic amines) is 1. The van der Waals surface area contributed by atoms with E-state index in [4.69, 9.17) is 0 Å². The highest BCUT2D eigenvalue weighted by molar-refractivity contribution is 5.89. The number of piperidine rings is 1. The number of amides is 2. The second-order valence-electron chi connectivity index (χ2n) is 6.96. The quantitative estimate of drug-likeness (QED) is 0.751. The summed E-state index contributed by atoms with van der Waals surface area (Å²) in [6.07, 6.45) is 7.14. The first kappa shape index (κ1) is 18.1. The highest BCUT2D eigenvalue weighted by atomic mass is 19.1. The fraction of sp³-hybridized carbons (Fsp3) is 0.368. The summed E-state index contributed by atoms with van der Waals surface area (Å²) in [6.45, 7) is 1.75. The Bertz CT molecular complexity index is 953. The monoisotopic (exact) mass is 383 g/mol. The normalized spacial score (nSPS) is 16.9. The van der Waals surface area contributed by atoms with E-state index in [2.05, 4.69) is 20.5 Å². The molecule has 0 unspecified atom stereocenters. The van der Waals surface area contributed by atoms with Crippen LogP contribution >= 0.6 is 0 Å². The Morgan fingerprint density at radius 1 is 1.32 bits per heavy atom. The van der Waals surface area contributed by atoms with E-state index in [1.165, 1.54) is 6.07 Å². The van der Waals surface area contributed by atoms with Crippen LogP contribution in [0.4, 0.5) is 14.9 Å². The van der Waals surface area contributed by atoms with Gasteiger partial charge in [-0.05, 0) is 25.0 Å². The number of imidazole rings is 1. The van der Waals surface area contributed by atoms with Crippen molar-refractivity contribution < 1.29 is 9.18 Å². The number of para-hydroxylation sites is 1. The Hall–Kier alpha value is -3.23. The summed E-state index contributed by atoms with van der Waals surface area (Å²) in [5.74, 6) is 1.34. The number of benzene rings is 1. The van der Waals surface area contributed by atoms with Crippen molar-refractivity contribution in [2.75, 3.05) is 18.4 Å². The third-order valence-electron chi connectivity index (χ3n) is 5.07. The van der Waals surface area contributed by atoms with Gasteiger partial charge < -0.3 is 19.4 Å². The van der Waals surface area contributed by atoms with Gasteiger partial charge in [-0.25, -0.2) is 14.2 Å². The van der Waals surface area contributed by atoms with E-state index in [1.807, 2.05) is 22.4 Å². The van der Waals surface area contributed by atoms with Crippen molar-refractivity contribution in [2.24, 2.45) is 7.05 Å². The number of hydrogen-bond acceptors (Lipinski definition) is 4. The van der Waals surface area contributed by atoms with Gasteiger partial charge in [-0.15, -0.1) is 10.2 Å². The van der Waals surface area contributed by atoms with Crippen LogP contribution in [-0.2, 0) is 13.6 Å². The topological polar surface area (TPSA) is 80.9 Å². The summed E-state index contributed by atoms with van der Waals surface area (Å²) in [4.78, 5) is 18.3. The van der Waals surface area contributed by atoms with Gasteiger partial charge in [0, 0.05) is 38.4 Å². The Balaban J connectivity index is 1.44. The number of urea groups is 1. The van der Waals surface area contributed by atoms with Crippen molar-refractivity contribution in [3.63, 3.8) is 0 Å². The smallest absolute Gasteiger partial charge is 0.321 e. The number of nitrogens with one attached hydrogen (secondary N) is 1. The zero-order chi connectivity index (χ0) is 19.5. The predicted molar refractivity (Wildman–Crippen MR) is 101 cm³/mol. The van der Waals surface area contributed by atoms with Crippen LogP contribution in [0.15, 0.2) is 43.0 Å². The summed E-state index contributed by atoms with van der Waals surface area (Å²) in [5.41, 5.74) is 0.191. The minimum atomic E-state index is -0.443. The van der Waals surface area contributed by atoms with Crippen molar-refractivity contribution in [1.82, 2.24) is 29.2 Å². The molecule has 1 saturated heterocycles. The molecule has 28 heavy (non-hydrogen) atoms. The van der Waals surface area contributed by atoms with Gasteiger partial charge >= 0.3 is 6.03 Å². The first-order chi connectivity index (χ1) is 13.6. The van der Waals surface area contributed by atoms with E-state index in [1.54, 1.807) is 35.6 Å². The van der Waals surface area contributed by atoms with Gasteiger partial charge in [-0.1, -0.05) is 12.1 Å². The van der Waals surface area contributed by atoms with Crippen molar-refractivity contribution in [3.8, 4) is 0 Å². The minimum absolute atomic E-state index is 0.0918. The summed E-state index contributed by atoms with van der Waals surface area (Å²) >= 11 is 0. The number of anilines is 1. The molecule has 0 aliphatic carbocycles.